The van der Waals surface area contributed by atoms with E-state index >= 15 is 0 Å². The molecule has 78 valence electrons. The van der Waals surface area contributed by atoms with Gasteiger partial charge in [-0.1, -0.05) is 20.8 Å². The molecule has 13 heavy (non-hydrogen) atoms. The molecule has 0 spiro atoms. The van der Waals surface area contributed by atoms with Crippen molar-refractivity contribution in [2.24, 2.45) is 5.92 Å². The van der Waals surface area contributed by atoms with Gasteiger partial charge in [-0.25, -0.2) is 0 Å². The van der Waals surface area contributed by atoms with Gasteiger partial charge in [0.1, 0.15) is 0 Å². The predicted molar refractivity (Wildman–Crippen MR) is 58.0 cm³/mol. The molecule has 0 aromatic rings. The van der Waals surface area contributed by atoms with Crippen molar-refractivity contribution in [2.45, 2.75) is 39.7 Å². The maximum absolute atomic E-state index is 3.59. The second kappa shape index (κ2) is 5.61. The molecule has 0 aromatic heterocycles. The average Bonchev–Trinajstić information content (AvgIpc) is 2.51. The van der Waals surface area contributed by atoms with Crippen LogP contribution in [0.3, 0.4) is 0 Å². The molecule has 1 heterocycles. The van der Waals surface area contributed by atoms with E-state index in [2.05, 4.69) is 31.0 Å². The van der Waals surface area contributed by atoms with Crippen molar-refractivity contribution in [1.29, 1.82) is 0 Å². The van der Waals surface area contributed by atoms with Gasteiger partial charge in [0.15, 0.2) is 0 Å². The first-order valence-electron chi connectivity index (χ1n) is 5.73. The van der Waals surface area contributed by atoms with Gasteiger partial charge < -0.3 is 10.2 Å². The summed E-state index contributed by atoms with van der Waals surface area (Å²) < 4.78 is 0. The third kappa shape index (κ3) is 3.28. The lowest BCUT2D eigenvalue weighted by atomic mass is 10.0. The Labute approximate surface area is 82.7 Å². The fourth-order valence-corrected chi connectivity index (χ4v) is 2.12. The molecule has 1 N–H and O–H groups in total. The molecular formula is C11H24N2. The van der Waals surface area contributed by atoms with Gasteiger partial charge in [0.25, 0.3) is 0 Å². The van der Waals surface area contributed by atoms with Crippen molar-refractivity contribution >= 4 is 0 Å². The Hall–Kier alpha value is -0.0800. The summed E-state index contributed by atoms with van der Waals surface area (Å²) in [5.41, 5.74) is 0. The van der Waals surface area contributed by atoms with Crippen molar-refractivity contribution < 1.29 is 0 Å². The van der Waals surface area contributed by atoms with Gasteiger partial charge in [-0.05, 0) is 38.4 Å². The molecule has 1 saturated heterocycles. The van der Waals surface area contributed by atoms with Gasteiger partial charge in [-0.15, -0.1) is 0 Å². The van der Waals surface area contributed by atoms with E-state index in [4.69, 9.17) is 0 Å². The molecule has 2 atom stereocenters. The Morgan fingerprint density at radius 3 is 2.62 bits per heavy atom. The minimum atomic E-state index is 0.742. The molecule has 0 saturated carbocycles. The van der Waals surface area contributed by atoms with E-state index < -0.39 is 0 Å². The lowest BCUT2D eigenvalue weighted by Crippen LogP contribution is -2.40. The second-order valence-electron chi connectivity index (χ2n) is 4.22. The van der Waals surface area contributed by atoms with Crippen LogP contribution in [0, 0.1) is 5.92 Å². The van der Waals surface area contributed by atoms with Crippen LogP contribution >= 0.6 is 0 Å². The molecule has 2 nitrogen and oxygen atoms in total. The van der Waals surface area contributed by atoms with Gasteiger partial charge in [-0.2, -0.15) is 0 Å². The second-order valence-corrected chi connectivity index (χ2v) is 4.22. The SMILES string of the molecule is CCCN(CC)CC1NCCC1C. The number of nitrogens with one attached hydrogen (secondary N) is 1. The van der Waals surface area contributed by atoms with E-state index in [-0.39, 0.29) is 0 Å². The zero-order chi connectivity index (χ0) is 9.68. The van der Waals surface area contributed by atoms with Crippen LogP contribution in [0.5, 0.6) is 0 Å². The first-order chi connectivity index (χ1) is 6.27. The van der Waals surface area contributed by atoms with Gasteiger partial charge >= 0.3 is 0 Å². The number of hydrogen-bond donors (Lipinski definition) is 1. The van der Waals surface area contributed by atoms with Crippen molar-refractivity contribution in [3.63, 3.8) is 0 Å². The van der Waals surface area contributed by atoms with E-state index in [1.807, 2.05) is 0 Å². The summed E-state index contributed by atoms with van der Waals surface area (Å²) in [5.74, 6) is 0.867. The highest BCUT2D eigenvalue weighted by atomic mass is 15.1. The summed E-state index contributed by atoms with van der Waals surface area (Å²) in [6.07, 6.45) is 2.63. The van der Waals surface area contributed by atoms with Crippen LogP contribution < -0.4 is 5.32 Å². The molecule has 0 aliphatic carbocycles. The van der Waals surface area contributed by atoms with Gasteiger partial charge in [0.2, 0.25) is 0 Å². The van der Waals surface area contributed by atoms with Gasteiger partial charge in [-0.3, -0.25) is 0 Å². The Kier molecular flexibility index (Phi) is 4.74. The average molecular weight is 184 g/mol. The number of nitrogens with zero attached hydrogens (tertiary/aromatic N) is 1. The first-order valence-corrected chi connectivity index (χ1v) is 5.73. The van der Waals surface area contributed by atoms with Crippen molar-refractivity contribution in [3.05, 3.63) is 0 Å². The zero-order valence-corrected chi connectivity index (χ0v) is 9.34. The fraction of sp³-hybridized carbons (Fsp3) is 1.00. The lowest BCUT2D eigenvalue weighted by Gasteiger charge is -2.25. The number of rotatable bonds is 5. The van der Waals surface area contributed by atoms with Crippen LogP contribution in [-0.4, -0.2) is 37.1 Å². The Bertz CT molecular complexity index is 136. The molecule has 0 bridgehead atoms. The summed E-state index contributed by atoms with van der Waals surface area (Å²) in [6.45, 7) is 11.8. The Morgan fingerprint density at radius 1 is 1.38 bits per heavy atom. The van der Waals surface area contributed by atoms with Crippen LogP contribution in [0.1, 0.15) is 33.6 Å². The minimum Gasteiger partial charge on any atom is -0.312 e. The Balaban J connectivity index is 2.27. The molecule has 2 heteroatoms. The summed E-state index contributed by atoms with van der Waals surface area (Å²) in [7, 11) is 0. The van der Waals surface area contributed by atoms with Gasteiger partial charge in [0.05, 0.1) is 0 Å². The van der Waals surface area contributed by atoms with E-state index in [1.54, 1.807) is 0 Å². The highest BCUT2D eigenvalue weighted by Gasteiger charge is 2.23. The van der Waals surface area contributed by atoms with Crippen molar-refractivity contribution in [3.8, 4) is 0 Å². The molecule has 1 fully saturated rings. The maximum Gasteiger partial charge on any atom is 0.0221 e. The number of likely N-dealkylation sites (N-methyl/N-ethyl adjacent to an activating group) is 1. The molecule has 1 rings (SSSR count). The summed E-state index contributed by atoms with van der Waals surface area (Å²) in [5, 5.41) is 3.59. The van der Waals surface area contributed by atoms with Crippen LogP contribution in [-0.2, 0) is 0 Å². The molecular weight excluding hydrogens is 160 g/mol. The standard InChI is InChI=1S/C11H24N2/c1-4-8-13(5-2)9-11-10(3)6-7-12-11/h10-12H,4-9H2,1-3H3. The highest BCUT2D eigenvalue weighted by molar-refractivity contribution is 4.83. The molecule has 1 aliphatic heterocycles. The molecule has 1 aliphatic rings. The molecule has 0 amide bonds. The molecule has 0 aromatic carbocycles. The van der Waals surface area contributed by atoms with Crippen LogP contribution in [0.15, 0.2) is 0 Å². The molecule has 2 unspecified atom stereocenters. The zero-order valence-electron chi connectivity index (χ0n) is 9.34. The number of hydrogen-bond acceptors (Lipinski definition) is 2. The van der Waals surface area contributed by atoms with E-state index in [0.717, 1.165) is 12.0 Å². The summed E-state index contributed by atoms with van der Waals surface area (Å²) in [4.78, 5) is 2.56. The van der Waals surface area contributed by atoms with Crippen LogP contribution in [0.4, 0.5) is 0 Å². The van der Waals surface area contributed by atoms with E-state index in [0.29, 0.717) is 0 Å². The third-order valence-corrected chi connectivity index (χ3v) is 3.14. The lowest BCUT2D eigenvalue weighted by molar-refractivity contribution is 0.244. The first kappa shape index (κ1) is 11.0. The monoisotopic (exact) mass is 184 g/mol. The quantitative estimate of drug-likeness (QED) is 0.700. The third-order valence-electron chi connectivity index (χ3n) is 3.14. The normalized spacial score (nSPS) is 28.6. The topological polar surface area (TPSA) is 15.3 Å². The van der Waals surface area contributed by atoms with E-state index in [1.165, 1.54) is 39.0 Å². The largest absolute Gasteiger partial charge is 0.312 e. The highest BCUT2D eigenvalue weighted by Crippen LogP contribution is 2.15. The minimum absolute atomic E-state index is 0.742. The summed E-state index contributed by atoms with van der Waals surface area (Å²) >= 11 is 0. The Morgan fingerprint density at radius 2 is 2.15 bits per heavy atom. The van der Waals surface area contributed by atoms with Crippen LogP contribution in [0.2, 0.25) is 0 Å². The van der Waals surface area contributed by atoms with Crippen LogP contribution in [0.25, 0.3) is 0 Å². The predicted octanol–water partition coefficient (Wildman–Crippen LogP) is 1.72. The maximum atomic E-state index is 3.59. The summed E-state index contributed by atoms with van der Waals surface area (Å²) in [6, 6.07) is 0.742. The van der Waals surface area contributed by atoms with Crippen molar-refractivity contribution in [1.82, 2.24) is 10.2 Å². The molecule has 0 radical (unpaired) electrons. The van der Waals surface area contributed by atoms with Crippen molar-refractivity contribution in [2.75, 3.05) is 26.2 Å². The van der Waals surface area contributed by atoms with E-state index in [9.17, 15) is 0 Å². The van der Waals surface area contributed by atoms with Gasteiger partial charge in [0, 0.05) is 12.6 Å². The fourth-order valence-electron chi connectivity index (χ4n) is 2.12. The smallest absolute Gasteiger partial charge is 0.0221 e.